The number of amides is 1. The van der Waals surface area contributed by atoms with Crippen LogP contribution in [0.15, 0.2) is 29.8 Å². The molecule has 0 bridgehead atoms. The van der Waals surface area contributed by atoms with Crippen molar-refractivity contribution in [2.45, 2.75) is 19.8 Å². The van der Waals surface area contributed by atoms with Crippen molar-refractivity contribution in [3.8, 4) is 0 Å². The fourth-order valence-electron chi connectivity index (χ4n) is 3.14. The Morgan fingerprint density at radius 1 is 1.39 bits per heavy atom. The van der Waals surface area contributed by atoms with Crippen molar-refractivity contribution in [3.63, 3.8) is 0 Å². The zero-order valence-corrected chi connectivity index (χ0v) is 13.8. The van der Waals surface area contributed by atoms with Crippen LogP contribution in [-0.2, 0) is 6.42 Å². The third kappa shape index (κ3) is 2.86. The first-order valence-corrected chi connectivity index (χ1v) is 8.71. The fourth-order valence-corrected chi connectivity index (χ4v) is 4.03. The third-order valence-electron chi connectivity index (χ3n) is 4.33. The average molecular weight is 326 g/mol. The van der Waals surface area contributed by atoms with Crippen LogP contribution in [0.5, 0.6) is 0 Å². The van der Waals surface area contributed by atoms with Gasteiger partial charge in [0.15, 0.2) is 0 Å². The largest absolute Gasteiger partial charge is 0.346 e. The maximum absolute atomic E-state index is 12.7. The monoisotopic (exact) mass is 326 g/mol. The standard InChI is InChI=1S/C17H18N4OS/c1-11-10-23-15(19-11)8-12-5-7-21(9-12)17(22)14-3-2-13-4-6-18-16(13)20-14/h2-4,6,10,12H,5,7-9H2,1H3,(H,18,20)/t12-/m1/s1. The number of nitrogens with zero attached hydrogens (tertiary/aromatic N) is 3. The van der Waals surface area contributed by atoms with Crippen LogP contribution in [0.1, 0.15) is 27.6 Å². The topological polar surface area (TPSA) is 61.9 Å². The smallest absolute Gasteiger partial charge is 0.272 e. The van der Waals surface area contributed by atoms with E-state index in [0.29, 0.717) is 11.6 Å². The predicted molar refractivity (Wildman–Crippen MR) is 90.7 cm³/mol. The summed E-state index contributed by atoms with van der Waals surface area (Å²) in [6, 6.07) is 5.71. The van der Waals surface area contributed by atoms with E-state index in [1.54, 1.807) is 11.3 Å². The number of carbonyl (C=O) groups excluding carboxylic acids is 1. The first-order valence-electron chi connectivity index (χ1n) is 7.83. The number of fused-ring (bicyclic) bond motifs is 1. The summed E-state index contributed by atoms with van der Waals surface area (Å²) in [7, 11) is 0. The second-order valence-electron chi connectivity index (χ2n) is 6.10. The number of rotatable bonds is 3. The molecule has 4 rings (SSSR count). The summed E-state index contributed by atoms with van der Waals surface area (Å²) in [5.74, 6) is 0.526. The lowest BCUT2D eigenvalue weighted by Crippen LogP contribution is -2.29. The summed E-state index contributed by atoms with van der Waals surface area (Å²) in [5, 5.41) is 4.29. The van der Waals surface area contributed by atoms with Crippen molar-refractivity contribution in [1.29, 1.82) is 0 Å². The van der Waals surface area contributed by atoms with Gasteiger partial charge >= 0.3 is 0 Å². The van der Waals surface area contributed by atoms with Crippen LogP contribution in [0, 0.1) is 12.8 Å². The molecule has 1 aliphatic heterocycles. The lowest BCUT2D eigenvalue weighted by Gasteiger charge is -2.15. The Morgan fingerprint density at radius 2 is 2.30 bits per heavy atom. The van der Waals surface area contributed by atoms with Crippen molar-refractivity contribution in [1.82, 2.24) is 19.9 Å². The summed E-state index contributed by atoms with van der Waals surface area (Å²) < 4.78 is 0. The van der Waals surface area contributed by atoms with Gasteiger partial charge in [-0.05, 0) is 37.5 Å². The minimum Gasteiger partial charge on any atom is -0.346 e. The molecule has 1 amide bonds. The van der Waals surface area contributed by atoms with Gasteiger partial charge in [-0.15, -0.1) is 11.3 Å². The number of thiazole rings is 1. The summed E-state index contributed by atoms with van der Waals surface area (Å²) in [5.41, 5.74) is 2.37. The Bertz CT molecular complexity index is 853. The van der Waals surface area contributed by atoms with Crippen molar-refractivity contribution < 1.29 is 4.79 Å². The minimum absolute atomic E-state index is 0.0271. The van der Waals surface area contributed by atoms with Gasteiger partial charge in [-0.2, -0.15) is 0 Å². The number of hydrogen-bond acceptors (Lipinski definition) is 4. The van der Waals surface area contributed by atoms with E-state index < -0.39 is 0 Å². The second kappa shape index (κ2) is 5.77. The first kappa shape index (κ1) is 14.4. The molecule has 23 heavy (non-hydrogen) atoms. The first-order chi connectivity index (χ1) is 11.2. The van der Waals surface area contributed by atoms with Crippen LogP contribution < -0.4 is 0 Å². The number of aryl methyl sites for hydroxylation is 1. The zero-order valence-electron chi connectivity index (χ0n) is 13.0. The molecule has 1 N–H and O–H groups in total. The second-order valence-corrected chi connectivity index (χ2v) is 7.05. The molecule has 1 atom stereocenters. The Kier molecular flexibility index (Phi) is 3.61. The van der Waals surface area contributed by atoms with E-state index in [9.17, 15) is 4.79 Å². The SMILES string of the molecule is Cc1csc(C[C@H]2CCN(C(=O)c3ccc4cc[nH]c4n3)C2)n1. The third-order valence-corrected chi connectivity index (χ3v) is 5.32. The highest BCUT2D eigenvalue weighted by atomic mass is 32.1. The Morgan fingerprint density at radius 3 is 3.13 bits per heavy atom. The van der Waals surface area contributed by atoms with E-state index in [0.717, 1.165) is 42.7 Å². The van der Waals surface area contributed by atoms with Gasteiger partial charge in [0.2, 0.25) is 0 Å². The molecule has 0 saturated carbocycles. The van der Waals surface area contributed by atoms with Crippen LogP contribution in [0.25, 0.3) is 11.0 Å². The van der Waals surface area contributed by atoms with Crippen LogP contribution in [0.3, 0.4) is 0 Å². The Labute approximate surface area is 138 Å². The van der Waals surface area contributed by atoms with Crippen LogP contribution >= 0.6 is 11.3 Å². The maximum Gasteiger partial charge on any atom is 0.272 e. The van der Waals surface area contributed by atoms with E-state index in [4.69, 9.17) is 0 Å². The van der Waals surface area contributed by atoms with E-state index in [2.05, 4.69) is 20.3 Å². The molecule has 1 aliphatic rings. The number of pyridine rings is 1. The predicted octanol–water partition coefficient (Wildman–Crippen LogP) is 3.03. The van der Waals surface area contributed by atoms with Crippen molar-refractivity contribution in [2.75, 3.05) is 13.1 Å². The van der Waals surface area contributed by atoms with Gasteiger partial charge in [0.25, 0.3) is 5.91 Å². The average Bonchev–Trinajstić information content (AvgIpc) is 3.27. The van der Waals surface area contributed by atoms with E-state index in [-0.39, 0.29) is 5.91 Å². The van der Waals surface area contributed by atoms with Gasteiger partial charge in [-0.25, -0.2) is 9.97 Å². The van der Waals surface area contributed by atoms with Gasteiger partial charge in [0, 0.05) is 42.2 Å². The highest BCUT2D eigenvalue weighted by Crippen LogP contribution is 2.24. The molecule has 0 spiro atoms. The lowest BCUT2D eigenvalue weighted by molar-refractivity contribution is 0.0781. The number of aromatic nitrogens is 3. The molecule has 0 radical (unpaired) electrons. The molecule has 0 aliphatic carbocycles. The maximum atomic E-state index is 12.7. The van der Waals surface area contributed by atoms with Gasteiger partial charge in [0.1, 0.15) is 11.3 Å². The zero-order chi connectivity index (χ0) is 15.8. The van der Waals surface area contributed by atoms with Gasteiger partial charge in [0.05, 0.1) is 5.01 Å². The summed E-state index contributed by atoms with van der Waals surface area (Å²) in [4.78, 5) is 26.6. The van der Waals surface area contributed by atoms with Crippen molar-refractivity contribution in [3.05, 3.63) is 46.2 Å². The highest BCUT2D eigenvalue weighted by Gasteiger charge is 2.28. The summed E-state index contributed by atoms with van der Waals surface area (Å²) in [6.07, 6.45) is 3.84. The number of nitrogens with one attached hydrogen (secondary N) is 1. The van der Waals surface area contributed by atoms with Crippen LogP contribution in [-0.4, -0.2) is 38.8 Å². The fraction of sp³-hybridized carbons (Fsp3) is 0.353. The molecule has 6 heteroatoms. The highest BCUT2D eigenvalue weighted by molar-refractivity contribution is 7.09. The molecule has 3 aromatic rings. The number of carbonyl (C=O) groups is 1. The molecule has 118 valence electrons. The molecule has 3 aromatic heterocycles. The van der Waals surface area contributed by atoms with Gasteiger partial charge in [-0.3, -0.25) is 4.79 Å². The summed E-state index contributed by atoms with van der Waals surface area (Å²) >= 11 is 1.71. The normalized spacial score (nSPS) is 18.0. The Hall–Kier alpha value is -2.21. The molecular formula is C17H18N4OS. The van der Waals surface area contributed by atoms with Gasteiger partial charge < -0.3 is 9.88 Å². The molecular weight excluding hydrogens is 308 g/mol. The minimum atomic E-state index is 0.0271. The number of hydrogen-bond donors (Lipinski definition) is 1. The van der Waals surface area contributed by atoms with Gasteiger partial charge in [-0.1, -0.05) is 0 Å². The molecule has 0 aromatic carbocycles. The van der Waals surface area contributed by atoms with Crippen LogP contribution in [0.2, 0.25) is 0 Å². The molecule has 5 nitrogen and oxygen atoms in total. The number of H-pyrrole nitrogens is 1. The molecule has 1 saturated heterocycles. The number of likely N-dealkylation sites (tertiary alicyclic amines) is 1. The van der Waals surface area contributed by atoms with E-state index in [1.807, 2.05) is 36.2 Å². The molecule has 4 heterocycles. The Balaban J connectivity index is 1.45. The van der Waals surface area contributed by atoms with Crippen molar-refractivity contribution in [2.24, 2.45) is 5.92 Å². The lowest BCUT2D eigenvalue weighted by atomic mass is 10.1. The van der Waals surface area contributed by atoms with Crippen LogP contribution in [0.4, 0.5) is 0 Å². The van der Waals surface area contributed by atoms with E-state index >= 15 is 0 Å². The molecule has 1 fully saturated rings. The number of aromatic amines is 1. The van der Waals surface area contributed by atoms with Crippen molar-refractivity contribution >= 4 is 28.3 Å². The summed E-state index contributed by atoms with van der Waals surface area (Å²) in [6.45, 7) is 3.62. The van der Waals surface area contributed by atoms with E-state index in [1.165, 1.54) is 5.01 Å². The quantitative estimate of drug-likeness (QED) is 0.805. The molecule has 0 unspecified atom stereocenters.